The van der Waals surface area contributed by atoms with Gasteiger partial charge in [0.05, 0.1) is 0 Å². The summed E-state index contributed by atoms with van der Waals surface area (Å²) in [5, 5.41) is 0. The number of para-hydroxylation sites is 1. The van der Waals surface area contributed by atoms with E-state index in [9.17, 15) is 0 Å². The van der Waals surface area contributed by atoms with Gasteiger partial charge in [-0.25, -0.2) is 0 Å². The first-order chi connectivity index (χ1) is 8.68. The molecular formula is C16H19NO. The van der Waals surface area contributed by atoms with Crippen LogP contribution >= 0.6 is 0 Å². The molecule has 18 heavy (non-hydrogen) atoms. The molecule has 2 atom stereocenters. The molecule has 0 radical (unpaired) electrons. The van der Waals surface area contributed by atoms with Crippen LogP contribution in [0.1, 0.15) is 24.2 Å². The molecule has 94 valence electrons. The van der Waals surface area contributed by atoms with E-state index in [-0.39, 0.29) is 12.1 Å². The molecule has 0 aliphatic heterocycles. The van der Waals surface area contributed by atoms with Crippen LogP contribution < -0.4 is 10.5 Å². The summed E-state index contributed by atoms with van der Waals surface area (Å²) in [6.45, 7) is 4.01. The molecule has 0 aliphatic rings. The maximum Gasteiger partial charge on any atom is 0.138 e. The average Bonchev–Trinajstić information content (AvgIpc) is 2.38. The number of ether oxygens (including phenoxy) is 1. The maximum atomic E-state index is 6.07. The zero-order valence-corrected chi connectivity index (χ0v) is 10.8. The Morgan fingerprint density at radius 3 is 2.17 bits per heavy atom. The van der Waals surface area contributed by atoms with Crippen molar-refractivity contribution in [3.8, 4) is 5.75 Å². The van der Waals surface area contributed by atoms with Crippen LogP contribution in [0.4, 0.5) is 0 Å². The highest BCUT2D eigenvalue weighted by atomic mass is 16.5. The van der Waals surface area contributed by atoms with Crippen molar-refractivity contribution >= 4 is 0 Å². The van der Waals surface area contributed by atoms with E-state index in [4.69, 9.17) is 10.5 Å². The number of benzene rings is 2. The highest BCUT2D eigenvalue weighted by Crippen LogP contribution is 2.26. The normalized spacial score (nSPS) is 13.9. The molecule has 2 aromatic rings. The Labute approximate surface area is 108 Å². The van der Waals surface area contributed by atoms with Crippen LogP contribution in [0, 0.1) is 6.92 Å². The molecule has 2 heteroatoms. The predicted octanol–water partition coefficient (Wildman–Crippen LogP) is 3.46. The topological polar surface area (TPSA) is 35.2 Å². The second kappa shape index (κ2) is 5.69. The van der Waals surface area contributed by atoms with Crippen molar-refractivity contribution in [3.63, 3.8) is 0 Å². The van der Waals surface area contributed by atoms with Crippen LogP contribution in [0.15, 0.2) is 54.6 Å². The van der Waals surface area contributed by atoms with Crippen LogP contribution in [0.5, 0.6) is 5.75 Å². The van der Waals surface area contributed by atoms with E-state index in [0.29, 0.717) is 0 Å². The van der Waals surface area contributed by atoms with Gasteiger partial charge in [0.1, 0.15) is 11.9 Å². The molecule has 0 saturated carbocycles. The zero-order chi connectivity index (χ0) is 13.0. The van der Waals surface area contributed by atoms with Gasteiger partial charge >= 0.3 is 0 Å². The van der Waals surface area contributed by atoms with Gasteiger partial charge in [0.25, 0.3) is 0 Å². The Morgan fingerprint density at radius 2 is 1.56 bits per heavy atom. The Morgan fingerprint density at radius 1 is 0.944 bits per heavy atom. The average molecular weight is 241 g/mol. The van der Waals surface area contributed by atoms with Gasteiger partial charge in [0.15, 0.2) is 0 Å². The standard InChI is InChI=1S/C16H19NO/c1-12-8-6-7-11-15(12)18-16(13(2)17)14-9-4-3-5-10-14/h3-11,13,16H,17H2,1-2H3. The first-order valence-corrected chi connectivity index (χ1v) is 6.21. The van der Waals surface area contributed by atoms with Gasteiger partial charge in [-0.2, -0.15) is 0 Å². The molecule has 0 spiro atoms. The fraction of sp³-hybridized carbons (Fsp3) is 0.250. The van der Waals surface area contributed by atoms with Crippen LogP contribution in [0.2, 0.25) is 0 Å². The van der Waals surface area contributed by atoms with E-state index < -0.39 is 0 Å². The van der Waals surface area contributed by atoms with E-state index >= 15 is 0 Å². The van der Waals surface area contributed by atoms with Gasteiger partial charge in [-0.05, 0) is 31.0 Å². The number of nitrogens with two attached hydrogens (primary N) is 1. The third kappa shape index (κ3) is 2.90. The molecule has 0 amide bonds. The summed E-state index contributed by atoms with van der Waals surface area (Å²) in [6.07, 6.45) is -0.118. The lowest BCUT2D eigenvalue weighted by atomic mass is 10.0. The predicted molar refractivity (Wildman–Crippen MR) is 74.6 cm³/mol. The molecule has 2 N–H and O–H groups in total. The zero-order valence-electron chi connectivity index (χ0n) is 10.8. The molecule has 2 nitrogen and oxygen atoms in total. The van der Waals surface area contributed by atoms with Crippen molar-refractivity contribution in [3.05, 3.63) is 65.7 Å². The minimum absolute atomic E-state index is 0.0630. The molecule has 2 unspecified atom stereocenters. The summed E-state index contributed by atoms with van der Waals surface area (Å²) in [5.74, 6) is 0.892. The number of hydrogen-bond donors (Lipinski definition) is 1. The molecule has 0 aliphatic carbocycles. The second-order valence-corrected chi connectivity index (χ2v) is 4.57. The quantitative estimate of drug-likeness (QED) is 0.889. The van der Waals surface area contributed by atoms with Gasteiger partial charge in [-0.1, -0.05) is 48.5 Å². The third-order valence-electron chi connectivity index (χ3n) is 2.95. The maximum absolute atomic E-state index is 6.07. The van der Waals surface area contributed by atoms with Crippen molar-refractivity contribution in [1.29, 1.82) is 0 Å². The first-order valence-electron chi connectivity index (χ1n) is 6.21. The molecule has 2 rings (SSSR count). The molecule has 0 aromatic heterocycles. The van der Waals surface area contributed by atoms with Gasteiger partial charge in [-0.3, -0.25) is 0 Å². The number of aryl methyl sites for hydroxylation is 1. The van der Waals surface area contributed by atoms with Crippen molar-refractivity contribution in [2.24, 2.45) is 5.73 Å². The molecule has 2 aromatic carbocycles. The lowest BCUT2D eigenvalue weighted by Gasteiger charge is -2.23. The van der Waals surface area contributed by atoms with Crippen molar-refractivity contribution in [1.82, 2.24) is 0 Å². The van der Waals surface area contributed by atoms with Crippen molar-refractivity contribution < 1.29 is 4.74 Å². The minimum Gasteiger partial charge on any atom is -0.484 e. The van der Waals surface area contributed by atoms with Gasteiger partial charge in [0, 0.05) is 6.04 Å². The van der Waals surface area contributed by atoms with Gasteiger partial charge < -0.3 is 10.5 Å². The molecule has 0 saturated heterocycles. The highest BCUT2D eigenvalue weighted by molar-refractivity contribution is 5.33. The Bertz CT molecular complexity index is 493. The SMILES string of the molecule is Cc1ccccc1OC(c1ccccc1)C(C)N. The monoisotopic (exact) mass is 241 g/mol. The van der Waals surface area contributed by atoms with Crippen LogP contribution in [0.25, 0.3) is 0 Å². The molecule has 0 heterocycles. The Kier molecular flexibility index (Phi) is 4.00. The summed E-state index contributed by atoms with van der Waals surface area (Å²) in [5.41, 5.74) is 8.27. The largest absolute Gasteiger partial charge is 0.484 e. The summed E-state index contributed by atoms with van der Waals surface area (Å²) >= 11 is 0. The van der Waals surface area contributed by atoms with Crippen molar-refractivity contribution in [2.75, 3.05) is 0 Å². The van der Waals surface area contributed by atoms with Gasteiger partial charge in [-0.15, -0.1) is 0 Å². The van der Waals surface area contributed by atoms with E-state index in [0.717, 1.165) is 16.9 Å². The minimum atomic E-state index is -0.118. The van der Waals surface area contributed by atoms with Crippen LogP contribution in [0.3, 0.4) is 0 Å². The third-order valence-corrected chi connectivity index (χ3v) is 2.95. The van der Waals surface area contributed by atoms with E-state index in [2.05, 4.69) is 0 Å². The summed E-state index contributed by atoms with van der Waals surface area (Å²) in [4.78, 5) is 0. The Hall–Kier alpha value is -1.80. The van der Waals surface area contributed by atoms with E-state index in [1.807, 2.05) is 68.4 Å². The summed E-state index contributed by atoms with van der Waals surface area (Å²) in [7, 11) is 0. The van der Waals surface area contributed by atoms with Gasteiger partial charge in [0.2, 0.25) is 0 Å². The molecule has 0 fully saturated rings. The number of hydrogen-bond acceptors (Lipinski definition) is 2. The molecule has 0 bridgehead atoms. The second-order valence-electron chi connectivity index (χ2n) is 4.57. The van der Waals surface area contributed by atoms with E-state index in [1.54, 1.807) is 0 Å². The lowest BCUT2D eigenvalue weighted by Crippen LogP contribution is -2.29. The van der Waals surface area contributed by atoms with Crippen molar-refractivity contribution in [2.45, 2.75) is 26.0 Å². The fourth-order valence-corrected chi connectivity index (χ4v) is 1.95. The van der Waals surface area contributed by atoms with Crippen LogP contribution in [-0.2, 0) is 0 Å². The summed E-state index contributed by atoms with van der Waals surface area (Å²) < 4.78 is 6.07. The van der Waals surface area contributed by atoms with Crippen LogP contribution in [-0.4, -0.2) is 6.04 Å². The smallest absolute Gasteiger partial charge is 0.138 e. The highest BCUT2D eigenvalue weighted by Gasteiger charge is 2.18. The first kappa shape index (κ1) is 12.7. The lowest BCUT2D eigenvalue weighted by molar-refractivity contribution is 0.179. The molecular weight excluding hydrogens is 222 g/mol. The summed E-state index contributed by atoms with van der Waals surface area (Å²) in [6, 6.07) is 18.0. The van der Waals surface area contributed by atoms with E-state index in [1.165, 1.54) is 0 Å². The number of rotatable bonds is 4. The Balaban J connectivity index is 2.26. The fourth-order valence-electron chi connectivity index (χ4n) is 1.95.